The van der Waals surface area contributed by atoms with Crippen LogP contribution in [0.25, 0.3) is 11.2 Å². The topological polar surface area (TPSA) is 169 Å². The van der Waals surface area contributed by atoms with Crippen molar-refractivity contribution in [3.8, 4) is 12.3 Å². The highest BCUT2D eigenvalue weighted by molar-refractivity contribution is 7.46. The summed E-state index contributed by atoms with van der Waals surface area (Å²) in [5.74, 6) is 2.31. The van der Waals surface area contributed by atoms with Gasteiger partial charge in [-0.25, -0.2) is 14.5 Å². The number of hydrogen-bond donors (Lipinski definition) is 4. The zero-order valence-electron chi connectivity index (χ0n) is 13.1. The SMILES string of the molecule is C#CCn1cnc2c(ncn2[C@@H]2O[C@H](COP(=O)(O)O)[C@@H](O)[C@H]2O)c1=O. The Morgan fingerprint density at radius 2 is 2.04 bits per heavy atom. The molecule has 0 saturated carbocycles. The van der Waals surface area contributed by atoms with Crippen molar-refractivity contribution in [1.29, 1.82) is 0 Å². The third-order valence-electron chi connectivity index (χ3n) is 3.83. The van der Waals surface area contributed by atoms with Crippen LogP contribution in [-0.4, -0.2) is 64.0 Å². The first-order valence-corrected chi connectivity index (χ1v) is 8.83. The number of hydrogen-bond acceptors (Lipinski definition) is 8. The Hall–Kier alpha value is -2.10. The number of aliphatic hydroxyl groups excluding tert-OH is 2. The van der Waals surface area contributed by atoms with Gasteiger partial charge in [-0.1, -0.05) is 5.92 Å². The summed E-state index contributed by atoms with van der Waals surface area (Å²) in [6.45, 7) is -0.633. The highest BCUT2D eigenvalue weighted by Crippen LogP contribution is 2.38. The van der Waals surface area contributed by atoms with Crippen molar-refractivity contribution in [2.45, 2.75) is 31.1 Å². The summed E-state index contributed by atoms with van der Waals surface area (Å²) < 4.78 is 22.9. The van der Waals surface area contributed by atoms with Gasteiger partial charge < -0.3 is 24.7 Å². The molecule has 13 heteroatoms. The number of imidazole rings is 1. The largest absolute Gasteiger partial charge is 0.469 e. The van der Waals surface area contributed by atoms with Crippen LogP contribution in [0.3, 0.4) is 0 Å². The van der Waals surface area contributed by atoms with Gasteiger partial charge >= 0.3 is 7.82 Å². The van der Waals surface area contributed by atoms with E-state index in [-0.39, 0.29) is 17.7 Å². The maximum atomic E-state index is 12.3. The zero-order valence-corrected chi connectivity index (χ0v) is 14.0. The Kier molecular flexibility index (Phi) is 4.96. The summed E-state index contributed by atoms with van der Waals surface area (Å²) in [6.07, 6.45) is 2.26. The molecule has 4 N–H and O–H groups in total. The van der Waals surface area contributed by atoms with Crippen molar-refractivity contribution >= 4 is 19.0 Å². The number of rotatable bonds is 5. The Balaban J connectivity index is 1.89. The van der Waals surface area contributed by atoms with Gasteiger partial charge in [0.05, 0.1) is 19.5 Å². The lowest BCUT2D eigenvalue weighted by molar-refractivity contribution is -0.0504. The molecule has 0 radical (unpaired) electrons. The Morgan fingerprint density at radius 3 is 2.69 bits per heavy atom. The van der Waals surface area contributed by atoms with E-state index in [1.807, 2.05) is 0 Å². The molecule has 12 nitrogen and oxygen atoms in total. The second kappa shape index (κ2) is 6.90. The molecule has 4 atom stereocenters. The third kappa shape index (κ3) is 3.42. The van der Waals surface area contributed by atoms with Crippen LogP contribution in [0.15, 0.2) is 17.4 Å². The van der Waals surface area contributed by atoms with E-state index in [2.05, 4.69) is 20.4 Å². The van der Waals surface area contributed by atoms with Crippen LogP contribution in [0.5, 0.6) is 0 Å². The van der Waals surface area contributed by atoms with Crippen molar-refractivity contribution in [3.63, 3.8) is 0 Å². The minimum Gasteiger partial charge on any atom is -0.387 e. The first-order valence-electron chi connectivity index (χ1n) is 7.30. The fourth-order valence-electron chi connectivity index (χ4n) is 2.61. The Bertz CT molecular complexity index is 959. The fraction of sp³-hybridized carbons (Fsp3) is 0.462. The van der Waals surface area contributed by atoms with Gasteiger partial charge in [0.25, 0.3) is 5.56 Å². The molecule has 1 saturated heterocycles. The summed E-state index contributed by atoms with van der Waals surface area (Å²) in [7, 11) is -4.77. The van der Waals surface area contributed by atoms with Gasteiger partial charge in [0, 0.05) is 0 Å². The van der Waals surface area contributed by atoms with Gasteiger partial charge in [0.1, 0.15) is 24.6 Å². The molecule has 2 aromatic rings. The first kappa shape index (κ1) is 18.7. The number of terminal acetylenes is 1. The third-order valence-corrected chi connectivity index (χ3v) is 4.32. The predicted molar refractivity (Wildman–Crippen MR) is 84.5 cm³/mol. The molecule has 0 aliphatic carbocycles. The molecule has 0 spiro atoms. The molecule has 1 fully saturated rings. The second-order valence-corrected chi connectivity index (χ2v) is 6.78. The molecule has 0 aromatic carbocycles. The lowest BCUT2D eigenvalue weighted by Gasteiger charge is -2.16. The minimum absolute atomic E-state index is 0.0112. The lowest BCUT2D eigenvalue weighted by atomic mass is 10.1. The van der Waals surface area contributed by atoms with Gasteiger partial charge in [0.2, 0.25) is 0 Å². The standard InChI is InChI=1S/C13H15N4O8P/c1-2-3-16-5-15-11-8(12(16)20)14-6-17(11)13-10(19)9(18)7(25-13)4-24-26(21,22)23/h1,5-7,9-10,13,18-19H,3-4H2,(H2,21,22,23)/t7-,9-,10-,13-/m1/s1. The van der Waals surface area contributed by atoms with Gasteiger partial charge in [0.15, 0.2) is 17.4 Å². The van der Waals surface area contributed by atoms with Crippen molar-refractivity contribution in [3.05, 3.63) is 23.0 Å². The van der Waals surface area contributed by atoms with Crippen molar-refractivity contribution in [2.75, 3.05) is 6.61 Å². The van der Waals surface area contributed by atoms with Crippen molar-refractivity contribution in [1.82, 2.24) is 19.1 Å². The van der Waals surface area contributed by atoms with Gasteiger partial charge in [-0.15, -0.1) is 6.42 Å². The quantitative estimate of drug-likeness (QED) is 0.331. The number of phosphoric ester groups is 1. The molecule has 140 valence electrons. The molecule has 1 aliphatic heterocycles. The summed E-state index contributed by atoms with van der Waals surface area (Å²) in [5, 5.41) is 20.2. The van der Waals surface area contributed by atoms with E-state index < -0.39 is 44.5 Å². The number of aromatic nitrogens is 4. The number of fused-ring (bicyclic) bond motifs is 1. The monoisotopic (exact) mass is 386 g/mol. The summed E-state index contributed by atoms with van der Waals surface area (Å²) >= 11 is 0. The maximum Gasteiger partial charge on any atom is 0.469 e. The van der Waals surface area contributed by atoms with Crippen LogP contribution < -0.4 is 5.56 Å². The molecule has 3 rings (SSSR count). The summed E-state index contributed by atoms with van der Waals surface area (Å²) in [6, 6.07) is 0. The van der Waals surface area contributed by atoms with E-state index in [1.54, 1.807) is 0 Å². The summed E-state index contributed by atoms with van der Waals surface area (Å²) in [4.78, 5) is 37.8. The minimum atomic E-state index is -4.77. The number of aliphatic hydroxyl groups is 2. The van der Waals surface area contributed by atoms with Gasteiger partial charge in [-0.2, -0.15) is 0 Å². The Labute approximate surface area is 145 Å². The van der Waals surface area contributed by atoms with E-state index in [0.29, 0.717) is 0 Å². The van der Waals surface area contributed by atoms with E-state index in [1.165, 1.54) is 21.8 Å². The predicted octanol–water partition coefficient (Wildman–Crippen LogP) is -2.05. The van der Waals surface area contributed by atoms with Gasteiger partial charge in [-0.05, 0) is 0 Å². The van der Waals surface area contributed by atoms with Crippen LogP contribution in [0, 0.1) is 12.3 Å². The molecule has 3 heterocycles. The van der Waals surface area contributed by atoms with Crippen LogP contribution in [-0.2, 0) is 20.4 Å². The average molecular weight is 386 g/mol. The normalized spacial score (nSPS) is 26.3. The van der Waals surface area contributed by atoms with Gasteiger partial charge in [-0.3, -0.25) is 18.5 Å². The molecule has 2 aromatic heterocycles. The lowest BCUT2D eigenvalue weighted by Crippen LogP contribution is -2.33. The van der Waals surface area contributed by atoms with E-state index >= 15 is 0 Å². The van der Waals surface area contributed by atoms with Crippen molar-refractivity contribution in [2.24, 2.45) is 0 Å². The zero-order chi connectivity index (χ0) is 19.1. The molecule has 0 bridgehead atoms. The first-order chi connectivity index (χ1) is 12.2. The van der Waals surface area contributed by atoms with E-state index in [4.69, 9.17) is 20.9 Å². The molecule has 1 aliphatic rings. The number of ether oxygens (including phenoxy) is 1. The average Bonchev–Trinajstić information content (AvgIpc) is 3.11. The molecule has 0 amide bonds. The molecule has 26 heavy (non-hydrogen) atoms. The highest BCUT2D eigenvalue weighted by atomic mass is 31.2. The Morgan fingerprint density at radius 1 is 1.31 bits per heavy atom. The second-order valence-electron chi connectivity index (χ2n) is 5.54. The molecule has 0 unspecified atom stereocenters. The van der Waals surface area contributed by atoms with Crippen LogP contribution >= 0.6 is 7.82 Å². The number of phosphoric acid groups is 1. The van der Waals surface area contributed by atoms with Crippen LogP contribution in [0.2, 0.25) is 0 Å². The smallest absolute Gasteiger partial charge is 0.387 e. The van der Waals surface area contributed by atoms with E-state index in [9.17, 15) is 19.6 Å². The fourth-order valence-corrected chi connectivity index (χ4v) is 2.95. The number of nitrogens with zero attached hydrogens (tertiary/aromatic N) is 4. The van der Waals surface area contributed by atoms with Crippen LogP contribution in [0.4, 0.5) is 0 Å². The van der Waals surface area contributed by atoms with E-state index in [0.717, 1.165) is 0 Å². The molecular weight excluding hydrogens is 371 g/mol. The summed E-state index contributed by atoms with van der Waals surface area (Å²) in [5.41, 5.74) is -0.403. The van der Waals surface area contributed by atoms with Crippen LogP contribution in [0.1, 0.15) is 6.23 Å². The highest BCUT2D eigenvalue weighted by Gasteiger charge is 2.45. The maximum absolute atomic E-state index is 12.3. The molecular formula is C13H15N4O8P. The van der Waals surface area contributed by atoms with Crippen molar-refractivity contribution < 1.29 is 33.8 Å².